The van der Waals surface area contributed by atoms with Crippen LogP contribution in [0.1, 0.15) is 41.0 Å². The molecular weight excluding hydrogens is 318 g/mol. The summed E-state index contributed by atoms with van der Waals surface area (Å²) in [5, 5.41) is 8.35. The minimum absolute atomic E-state index is 0.102. The molecular formula is C15H21N3O2S2. The third-order valence-corrected chi connectivity index (χ3v) is 4.72. The second kappa shape index (κ2) is 7.87. The fraction of sp³-hybridized carbons (Fsp3) is 0.533. The van der Waals surface area contributed by atoms with Crippen molar-refractivity contribution in [2.45, 2.75) is 44.7 Å². The van der Waals surface area contributed by atoms with E-state index >= 15 is 0 Å². The number of hydrogen-bond acceptors (Lipinski definition) is 6. The molecule has 22 heavy (non-hydrogen) atoms. The lowest BCUT2D eigenvalue weighted by molar-refractivity contribution is 0.102. The van der Waals surface area contributed by atoms with E-state index in [-0.39, 0.29) is 5.78 Å². The molecule has 7 heteroatoms. The summed E-state index contributed by atoms with van der Waals surface area (Å²) >= 11 is 2.92. The van der Waals surface area contributed by atoms with Gasteiger partial charge in [0.15, 0.2) is 5.78 Å². The Labute approximate surface area is 139 Å². The molecule has 0 unspecified atom stereocenters. The van der Waals surface area contributed by atoms with Crippen LogP contribution < -0.4 is 0 Å². The molecule has 0 amide bonds. The van der Waals surface area contributed by atoms with Gasteiger partial charge in [0.2, 0.25) is 5.89 Å². The Morgan fingerprint density at radius 2 is 2.14 bits per heavy atom. The Kier molecular flexibility index (Phi) is 6.14. The minimum Gasteiger partial charge on any atom is -0.415 e. The Balaban J connectivity index is 2.01. The van der Waals surface area contributed by atoms with E-state index in [1.807, 2.05) is 26.2 Å². The standard InChI is InChI=1S/C15H21N3O2S2/c1-5-6-18-10(2)7-12(11(18)3)13(19)8-22-15-17-16-14(20-15)9-21-4/h7H,5-6,8-9H2,1-4H3. The lowest BCUT2D eigenvalue weighted by Gasteiger charge is -2.07. The first-order chi connectivity index (χ1) is 10.6. The highest BCUT2D eigenvalue weighted by Crippen LogP contribution is 2.22. The zero-order valence-electron chi connectivity index (χ0n) is 13.4. The Morgan fingerprint density at radius 3 is 2.82 bits per heavy atom. The number of rotatable bonds is 8. The van der Waals surface area contributed by atoms with Gasteiger partial charge in [0, 0.05) is 23.5 Å². The van der Waals surface area contributed by atoms with Gasteiger partial charge in [0.1, 0.15) is 0 Å². The quantitative estimate of drug-likeness (QED) is 0.539. The summed E-state index contributed by atoms with van der Waals surface area (Å²) in [6.07, 6.45) is 3.03. The topological polar surface area (TPSA) is 60.9 Å². The van der Waals surface area contributed by atoms with Crippen LogP contribution >= 0.6 is 23.5 Å². The van der Waals surface area contributed by atoms with Gasteiger partial charge in [-0.2, -0.15) is 11.8 Å². The van der Waals surface area contributed by atoms with Crippen LogP contribution in [0.4, 0.5) is 0 Å². The van der Waals surface area contributed by atoms with Gasteiger partial charge in [-0.3, -0.25) is 4.79 Å². The van der Waals surface area contributed by atoms with Crippen molar-refractivity contribution < 1.29 is 9.21 Å². The van der Waals surface area contributed by atoms with Crippen molar-refractivity contribution >= 4 is 29.3 Å². The van der Waals surface area contributed by atoms with Crippen LogP contribution in [0.2, 0.25) is 0 Å². The van der Waals surface area contributed by atoms with E-state index in [2.05, 4.69) is 21.7 Å². The van der Waals surface area contributed by atoms with Gasteiger partial charge in [-0.05, 0) is 32.6 Å². The fourth-order valence-electron chi connectivity index (χ4n) is 2.33. The summed E-state index contributed by atoms with van der Waals surface area (Å²) < 4.78 is 7.67. The smallest absolute Gasteiger partial charge is 0.277 e. The molecule has 0 atom stereocenters. The molecule has 2 aromatic heterocycles. The number of aryl methyl sites for hydroxylation is 1. The monoisotopic (exact) mass is 339 g/mol. The molecule has 0 radical (unpaired) electrons. The molecule has 0 spiro atoms. The van der Waals surface area contributed by atoms with Crippen molar-refractivity contribution in [2.24, 2.45) is 0 Å². The van der Waals surface area contributed by atoms with Crippen LogP contribution in [0, 0.1) is 13.8 Å². The number of hydrogen-bond donors (Lipinski definition) is 0. The van der Waals surface area contributed by atoms with Crippen LogP contribution in [-0.4, -0.2) is 32.6 Å². The summed E-state index contributed by atoms with van der Waals surface area (Å²) in [4.78, 5) is 12.4. The molecule has 2 aromatic rings. The summed E-state index contributed by atoms with van der Waals surface area (Å²) in [5.74, 6) is 1.71. The molecule has 0 saturated heterocycles. The lowest BCUT2D eigenvalue weighted by atomic mass is 10.2. The van der Waals surface area contributed by atoms with Crippen molar-refractivity contribution in [3.05, 3.63) is 28.9 Å². The summed E-state index contributed by atoms with van der Waals surface area (Å²) in [6.45, 7) is 7.13. The first-order valence-electron chi connectivity index (χ1n) is 7.20. The van der Waals surface area contributed by atoms with Crippen LogP contribution in [0.25, 0.3) is 0 Å². The highest BCUT2D eigenvalue weighted by Gasteiger charge is 2.17. The molecule has 2 heterocycles. The second-order valence-electron chi connectivity index (χ2n) is 5.04. The molecule has 0 aromatic carbocycles. The minimum atomic E-state index is 0.102. The van der Waals surface area contributed by atoms with Gasteiger partial charge in [-0.25, -0.2) is 0 Å². The van der Waals surface area contributed by atoms with E-state index in [0.717, 1.165) is 29.9 Å². The van der Waals surface area contributed by atoms with Gasteiger partial charge in [-0.1, -0.05) is 18.7 Å². The van der Waals surface area contributed by atoms with Gasteiger partial charge < -0.3 is 8.98 Å². The van der Waals surface area contributed by atoms with E-state index in [4.69, 9.17) is 4.42 Å². The fourth-order valence-corrected chi connectivity index (χ4v) is 3.36. The molecule has 2 rings (SSSR count). The van der Waals surface area contributed by atoms with Gasteiger partial charge in [0.25, 0.3) is 5.22 Å². The number of aromatic nitrogens is 3. The second-order valence-corrected chi connectivity index (χ2v) is 6.84. The van der Waals surface area contributed by atoms with Crippen molar-refractivity contribution in [2.75, 3.05) is 12.0 Å². The Hall–Kier alpha value is -1.21. The SMILES string of the molecule is CCCn1c(C)cc(C(=O)CSc2nnc(CSC)o2)c1C. The molecule has 0 aliphatic carbocycles. The maximum Gasteiger partial charge on any atom is 0.277 e. The highest BCUT2D eigenvalue weighted by molar-refractivity contribution is 7.99. The molecule has 0 bridgehead atoms. The largest absolute Gasteiger partial charge is 0.415 e. The summed E-state index contributed by atoms with van der Waals surface area (Å²) in [6, 6.07) is 1.97. The number of carbonyl (C=O) groups excluding carboxylic acids is 1. The summed E-state index contributed by atoms with van der Waals surface area (Å²) in [7, 11) is 0. The predicted octanol–water partition coefficient (Wildman–Crippen LogP) is 3.74. The van der Waals surface area contributed by atoms with Crippen LogP contribution in [0.15, 0.2) is 15.7 Å². The predicted molar refractivity (Wildman–Crippen MR) is 90.8 cm³/mol. The number of Topliss-reactive ketones (excluding diaryl/α,β-unsaturated/α-hetero) is 1. The molecule has 0 aliphatic heterocycles. The maximum absolute atomic E-state index is 12.4. The number of carbonyl (C=O) groups is 1. The van der Waals surface area contributed by atoms with E-state index < -0.39 is 0 Å². The van der Waals surface area contributed by atoms with E-state index in [1.165, 1.54) is 11.8 Å². The van der Waals surface area contributed by atoms with Gasteiger partial charge in [-0.15, -0.1) is 10.2 Å². The molecule has 0 aliphatic rings. The zero-order valence-corrected chi connectivity index (χ0v) is 15.0. The normalized spacial score (nSPS) is 11.1. The third kappa shape index (κ3) is 3.95. The molecule has 0 saturated carbocycles. The highest BCUT2D eigenvalue weighted by atomic mass is 32.2. The van der Waals surface area contributed by atoms with Crippen molar-refractivity contribution in [1.29, 1.82) is 0 Å². The van der Waals surface area contributed by atoms with E-state index in [1.54, 1.807) is 11.8 Å². The van der Waals surface area contributed by atoms with Crippen molar-refractivity contribution in [3.8, 4) is 0 Å². The van der Waals surface area contributed by atoms with Gasteiger partial charge >= 0.3 is 0 Å². The lowest BCUT2D eigenvalue weighted by Crippen LogP contribution is -2.06. The number of thioether (sulfide) groups is 2. The summed E-state index contributed by atoms with van der Waals surface area (Å²) in [5.41, 5.74) is 2.97. The average Bonchev–Trinajstić information content (AvgIpc) is 3.05. The van der Waals surface area contributed by atoms with Crippen molar-refractivity contribution in [1.82, 2.24) is 14.8 Å². The van der Waals surface area contributed by atoms with Crippen molar-refractivity contribution in [3.63, 3.8) is 0 Å². The van der Waals surface area contributed by atoms with Crippen LogP contribution in [-0.2, 0) is 12.3 Å². The molecule has 120 valence electrons. The third-order valence-electron chi connectivity index (χ3n) is 3.36. The van der Waals surface area contributed by atoms with E-state index in [0.29, 0.717) is 22.6 Å². The first-order valence-corrected chi connectivity index (χ1v) is 9.58. The first kappa shape index (κ1) is 17.1. The Bertz CT molecular complexity index is 649. The maximum atomic E-state index is 12.4. The molecule has 0 fully saturated rings. The number of nitrogens with zero attached hydrogens (tertiary/aromatic N) is 3. The van der Waals surface area contributed by atoms with Gasteiger partial charge in [0.05, 0.1) is 11.5 Å². The zero-order chi connectivity index (χ0) is 16.1. The van der Waals surface area contributed by atoms with Crippen LogP contribution in [0.5, 0.6) is 0 Å². The Morgan fingerprint density at radius 1 is 1.36 bits per heavy atom. The van der Waals surface area contributed by atoms with Crippen LogP contribution in [0.3, 0.4) is 0 Å². The molecule has 5 nitrogen and oxygen atoms in total. The average molecular weight is 339 g/mol. The van der Waals surface area contributed by atoms with E-state index in [9.17, 15) is 4.79 Å². The number of ketones is 1. The molecule has 0 N–H and O–H groups in total.